The molecule has 0 atom stereocenters. The molecule has 0 aliphatic heterocycles. The Morgan fingerprint density at radius 1 is 0.913 bits per heavy atom. The molecule has 0 aliphatic rings. The molecule has 0 bridgehead atoms. The Morgan fingerprint density at radius 2 is 1.52 bits per heavy atom. The zero-order valence-electron chi connectivity index (χ0n) is 13.6. The van der Waals surface area contributed by atoms with Crippen LogP contribution < -0.4 is 4.74 Å². The second-order valence-corrected chi connectivity index (χ2v) is 6.27. The van der Waals surface area contributed by atoms with Crippen LogP contribution in [0, 0.1) is 0 Å². The van der Waals surface area contributed by atoms with Gasteiger partial charge in [0.15, 0.2) is 0 Å². The third-order valence-electron chi connectivity index (χ3n) is 3.68. The molecule has 0 saturated heterocycles. The van der Waals surface area contributed by atoms with Crippen molar-refractivity contribution in [2.24, 2.45) is 0 Å². The molecule has 1 aromatic rings. The normalized spacial score (nSPS) is 10.6. The molecule has 1 aromatic carbocycles. The zero-order valence-corrected chi connectivity index (χ0v) is 15.1. The van der Waals surface area contributed by atoms with Gasteiger partial charge in [-0.15, -0.1) is 0 Å². The van der Waals surface area contributed by atoms with E-state index in [0.717, 1.165) is 12.8 Å². The van der Waals surface area contributed by atoms with Crippen molar-refractivity contribution < 1.29 is 14.3 Å². The molecule has 0 fully saturated rings. The Hall–Kier alpha value is -1.06. The summed E-state index contributed by atoms with van der Waals surface area (Å²) in [5.41, 5.74) is 0.548. The van der Waals surface area contributed by atoms with Gasteiger partial charge in [0.2, 0.25) is 0 Å². The standard InChI is InChI=1S/C18H24Cl2O3/c1-2-3-4-5-6-7-8-9-12-23-16-13-14(17(19)21)10-11-15(16)18(20)22/h10-11,13H,2-9,12H2,1H3. The van der Waals surface area contributed by atoms with Crippen molar-refractivity contribution >= 4 is 33.7 Å². The summed E-state index contributed by atoms with van der Waals surface area (Å²) in [6.45, 7) is 2.70. The van der Waals surface area contributed by atoms with E-state index in [-0.39, 0.29) is 5.56 Å². The van der Waals surface area contributed by atoms with Crippen molar-refractivity contribution in [3.8, 4) is 5.75 Å². The number of hydrogen-bond acceptors (Lipinski definition) is 3. The Morgan fingerprint density at radius 3 is 2.09 bits per heavy atom. The van der Waals surface area contributed by atoms with Crippen LogP contribution in [0.5, 0.6) is 5.75 Å². The highest BCUT2D eigenvalue weighted by molar-refractivity contribution is 6.68. The number of ether oxygens (including phenoxy) is 1. The lowest BCUT2D eigenvalue weighted by atomic mass is 10.1. The molecule has 1 rings (SSSR count). The molecule has 0 heterocycles. The summed E-state index contributed by atoms with van der Waals surface area (Å²) >= 11 is 11.0. The number of carbonyl (C=O) groups excluding carboxylic acids is 2. The largest absolute Gasteiger partial charge is 0.493 e. The molecule has 5 heteroatoms. The van der Waals surface area contributed by atoms with Gasteiger partial charge in [-0.3, -0.25) is 9.59 Å². The minimum absolute atomic E-state index is 0.257. The quantitative estimate of drug-likeness (QED) is 0.341. The van der Waals surface area contributed by atoms with Crippen LogP contribution >= 0.6 is 23.2 Å². The second-order valence-electron chi connectivity index (χ2n) is 5.58. The lowest BCUT2D eigenvalue weighted by Gasteiger charge is -2.10. The van der Waals surface area contributed by atoms with E-state index in [0.29, 0.717) is 17.9 Å². The van der Waals surface area contributed by atoms with Crippen molar-refractivity contribution in [1.29, 1.82) is 0 Å². The van der Waals surface area contributed by atoms with Crippen LogP contribution in [0.3, 0.4) is 0 Å². The lowest BCUT2D eigenvalue weighted by molar-refractivity contribution is 0.106. The summed E-state index contributed by atoms with van der Waals surface area (Å²) in [6.07, 6.45) is 9.61. The molecule has 0 N–H and O–H groups in total. The highest BCUT2D eigenvalue weighted by atomic mass is 35.5. The van der Waals surface area contributed by atoms with Crippen molar-refractivity contribution in [3.63, 3.8) is 0 Å². The minimum Gasteiger partial charge on any atom is -0.493 e. The molecule has 0 unspecified atom stereocenters. The summed E-state index contributed by atoms with van der Waals surface area (Å²) in [4.78, 5) is 22.6. The van der Waals surface area contributed by atoms with Crippen LogP contribution in [0.15, 0.2) is 18.2 Å². The van der Waals surface area contributed by atoms with E-state index < -0.39 is 10.5 Å². The molecule has 0 saturated carbocycles. The van der Waals surface area contributed by atoms with Crippen LogP contribution in [-0.4, -0.2) is 17.1 Å². The van der Waals surface area contributed by atoms with Gasteiger partial charge < -0.3 is 4.74 Å². The highest BCUT2D eigenvalue weighted by Crippen LogP contribution is 2.24. The van der Waals surface area contributed by atoms with Gasteiger partial charge in [0.1, 0.15) is 5.75 Å². The van der Waals surface area contributed by atoms with Crippen LogP contribution in [0.1, 0.15) is 79.0 Å². The fraction of sp³-hybridized carbons (Fsp3) is 0.556. The van der Waals surface area contributed by atoms with Crippen LogP contribution in [0.25, 0.3) is 0 Å². The van der Waals surface area contributed by atoms with Crippen molar-refractivity contribution in [2.75, 3.05) is 6.61 Å². The fourth-order valence-electron chi connectivity index (χ4n) is 2.34. The molecule has 3 nitrogen and oxygen atoms in total. The average molecular weight is 359 g/mol. The first-order valence-corrected chi connectivity index (χ1v) is 8.98. The summed E-state index contributed by atoms with van der Waals surface area (Å²) in [5.74, 6) is 0.319. The number of unbranched alkanes of at least 4 members (excludes halogenated alkanes) is 7. The Kier molecular flexibility index (Phi) is 9.97. The monoisotopic (exact) mass is 358 g/mol. The minimum atomic E-state index is -0.607. The SMILES string of the molecule is CCCCCCCCCCOc1cc(C(=O)Cl)ccc1C(=O)Cl. The highest BCUT2D eigenvalue weighted by Gasteiger charge is 2.13. The van der Waals surface area contributed by atoms with E-state index in [1.807, 2.05) is 0 Å². The van der Waals surface area contributed by atoms with Crippen LogP contribution in [-0.2, 0) is 0 Å². The van der Waals surface area contributed by atoms with Crippen LogP contribution in [0.4, 0.5) is 0 Å². The summed E-state index contributed by atoms with van der Waals surface area (Å²) < 4.78 is 5.62. The van der Waals surface area contributed by atoms with E-state index in [4.69, 9.17) is 27.9 Å². The Labute approximate surface area is 148 Å². The van der Waals surface area contributed by atoms with Gasteiger partial charge in [0, 0.05) is 5.56 Å². The van der Waals surface area contributed by atoms with Crippen molar-refractivity contribution in [2.45, 2.75) is 58.3 Å². The summed E-state index contributed by atoms with van der Waals surface area (Å²) in [7, 11) is 0. The third kappa shape index (κ3) is 7.85. The number of hydrogen-bond donors (Lipinski definition) is 0. The number of halogens is 2. The molecule has 0 spiro atoms. The van der Waals surface area contributed by atoms with Gasteiger partial charge in [0.05, 0.1) is 12.2 Å². The van der Waals surface area contributed by atoms with Gasteiger partial charge in [-0.05, 0) is 47.8 Å². The van der Waals surface area contributed by atoms with Gasteiger partial charge >= 0.3 is 0 Å². The molecule has 0 aromatic heterocycles. The van der Waals surface area contributed by atoms with E-state index in [1.54, 1.807) is 0 Å². The van der Waals surface area contributed by atoms with Gasteiger partial charge in [0.25, 0.3) is 10.5 Å². The molecule has 0 aliphatic carbocycles. The zero-order chi connectivity index (χ0) is 17.1. The van der Waals surface area contributed by atoms with Gasteiger partial charge in [-0.2, -0.15) is 0 Å². The van der Waals surface area contributed by atoms with E-state index in [2.05, 4.69) is 6.92 Å². The average Bonchev–Trinajstić information content (AvgIpc) is 2.52. The molecule has 128 valence electrons. The first-order valence-electron chi connectivity index (χ1n) is 8.22. The number of carbonyl (C=O) groups is 2. The lowest BCUT2D eigenvalue weighted by Crippen LogP contribution is -2.03. The maximum Gasteiger partial charge on any atom is 0.256 e. The predicted molar refractivity (Wildman–Crippen MR) is 94.9 cm³/mol. The Bertz CT molecular complexity index is 515. The van der Waals surface area contributed by atoms with Crippen LogP contribution in [0.2, 0.25) is 0 Å². The smallest absolute Gasteiger partial charge is 0.256 e. The molecular weight excluding hydrogens is 335 g/mol. The third-order valence-corrected chi connectivity index (χ3v) is 4.10. The first kappa shape index (κ1) is 20.0. The van der Waals surface area contributed by atoms with E-state index in [9.17, 15) is 9.59 Å². The Balaban J connectivity index is 2.37. The number of rotatable bonds is 12. The van der Waals surface area contributed by atoms with E-state index >= 15 is 0 Å². The fourth-order valence-corrected chi connectivity index (χ4v) is 2.62. The van der Waals surface area contributed by atoms with Gasteiger partial charge in [-0.25, -0.2) is 0 Å². The van der Waals surface area contributed by atoms with Gasteiger partial charge in [-0.1, -0.05) is 51.9 Å². The number of benzene rings is 1. The summed E-state index contributed by atoms with van der Waals surface area (Å²) in [5, 5.41) is -1.19. The molecule has 0 radical (unpaired) electrons. The summed E-state index contributed by atoms with van der Waals surface area (Å²) in [6, 6.07) is 4.40. The van der Waals surface area contributed by atoms with Crippen molar-refractivity contribution in [3.05, 3.63) is 29.3 Å². The first-order chi connectivity index (χ1) is 11.1. The molecular formula is C18H24Cl2O3. The molecule has 0 amide bonds. The maximum atomic E-state index is 11.4. The second kappa shape index (κ2) is 11.5. The maximum absolute atomic E-state index is 11.4. The van der Waals surface area contributed by atoms with Crippen molar-refractivity contribution in [1.82, 2.24) is 0 Å². The topological polar surface area (TPSA) is 43.4 Å². The predicted octanol–water partition coefficient (Wildman–Crippen LogP) is 5.96. The van der Waals surface area contributed by atoms with E-state index in [1.165, 1.54) is 56.7 Å². The molecule has 23 heavy (non-hydrogen) atoms.